The van der Waals surface area contributed by atoms with Gasteiger partial charge in [0.25, 0.3) is 0 Å². The first-order chi connectivity index (χ1) is 10.2. The second-order valence-corrected chi connectivity index (χ2v) is 4.91. The van der Waals surface area contributed by atoms with Gasteiger partial charge in [-0.05, 0) is 37.6 Å². The van der Waals surface area contributed by atoms with E-state index in [0.29, 0.717) is 22.7 Å². The van der Waals surface area contributed by atoms with Crippen molar-refractivity contribution < 1.29 is 9.53 Å². The third kappa shape index (κ3) is 3.60. The number of ether oxygens (including phenoxy) is 1. The van der Waals surface area contributed by atoms with E-state index < -0.39 is 0 Å². The average Bonchev–Trinajstić information content (AvgIpc) is 2.54. The Morgan fingerprint density at radius 1 is 1.33 bits per heavy atom. The number of benzene rings is 1. The molecule has 0 saturated heterocycles. The van der Waals surface area contributed by atoms with Crippen LogP contribution in [0, 0.1) is 0 Å². The number of carbonyl (C=O) groups excluding carboxylic acids is 1. The van der Waals surface area contributed by atoms with Crippen LogP contribution in [0.1, 0.15) is 36.2 Å². The largest absolute Gasteiger partial charge is 0.497 e. The maximum atomic E-state index is 12.7. The molecule has 4 nitrogen and oxygen atoms in total. The fourth-order valence-electron chi connectivity index (χ4n) is 1.96. The van der Waals surface area contributed by atoms with Crippen molar-refractivity contribution in [2.75, 3.05) is 12.4 Å². The summed E-state index contributed by atoms with van der Waals surface area (Å²) in [6, 6.07) is 11.0. The van der Waals surface area contributed by atoms with Crippen LogP contribution in [0.2, 0.25) is 0 Å². The molecule has 0 spiro atoms. The highest BCUT2D eigenvalue weighted by atomic mass is 16.5. The van der Waals surface area contributed by atoms with E-state index >= 15 is 0 Å². The standard InChI is InChI=1S/C17H20N2O2/c1-4-12(2)19-17-15(9-6-10-18-17)16(20)13-7-5-8-14(11-13)21-3/h5-12H,4H2,1-3H3,(H,18,19). The van der Waals surface area contributed by atoms with Crippen molar-refractivity contribution in [1.29, 1.82) is 0 Å². The number of nitrogens with one attached hydrogen (secondary N) is 1. The Balaban J connectivity index is 2.34. The topological polar surface area (TPSA) is 51.2 Å². The second kappa shape index (κ2) is 6.88. The predicted molar refractivity (Wildman–Crippen MR) is 84.0 cm³/mol. The molecule has 0 aliphatic rings. The first-order valence-corrected chi connectivity index (χ1v) is 7.06. The lowest BCUT2D eigenvalue weighted by Gasteiger charge is -2.15. The molecule has 1 heterocycles. The summed E-state index contributed by atoms with van der Waals surface area (Å²) in [4.78, 5) is 17.0. The first-order valence-electron chi connectivity index (χ1n) is 7.06. The summed E-state index contributed by atoms with van der Waals surface area (Å²) in [7, 11) is 1.59. The number of hydrogen-bond donors (Lipinski definition) is 1. The molecular formula is C17H20N2O2. The Morgan fingerprint density at radius 2 is 2.14 bits per heavy atom. The molecule has 0 aliphatic heterocycles. The summed E-state index contributed by atoms with van der Waals surface area (Å²) >= 11 is 0. The van der Waals surface area contributed by atoms with Gasteiger partial charge in [0.2, 0.25) is 0 Å². The lowest BCUT2D eigenvalue weighted by molar-refractivity contribution is 0.103. The Morgan fingerprint density at radius 3 is 2.86 bits per heavy atom. The summed E-state index contributed by atoms with van der Waals surface area (Å²) in [6.07, 6.45) is 2.65. The number of rotatable bonds is 6. The third-order valence-electron chi connectivity index (χ3n) is 3.38. The van der Waals surface area contributed by atoms with Crippen LogP contribution in [0.3, 0.4) is 0 Å². The zero-order valence-corrected chi connectivity index (χ0v) is 12.6. The van der Waals surface area contributed by atoms with Gasteiger partial charge in [-0.15, -0.1) is 0 Å². The van der Waals surface area contributed by atoms with Gasteiger partial charge in [0.15, 0.2) is 5.78 Å². The van der Waals surface area contributed by atoms with Gasteiger partial charge in [-0.2, -0.15) is 0 Å². The minimum absolute atomic E-state index is 0.0622. The molecule has 1 N–H and O–H groups in total. The van der Waals surface area contributed by atoms with E-state index in [9.17, 15) is 4.79 Å². The smallest absolute Gasteiger partial charge is 0.196 e. The third-order valence-corrected chi connectivity index (χ3v) is 3.38. The molecule has 2 aromatic rings. The number of aromatic nitrogens is 1. The molecule has 2 rings (SSSR count). The first kappa shape index (κ1) is 15.0. The van der Waals surface area contributed by atoms with E-state index in [1.165, 1.54) is 0 Å². The van der Waals surface area contributed by atoms with E-state index in [1.54, 1.807) is 37.6 Å². The highest BCUT2D eigenvalue weighted by Crippen LogP contribution is 2.20. The Hall–Kier alpha value is -2.36. The van der Waals surface area contributed by atoms with Crippen LogP contribution >= 0.6 is 0 Å². The fraction of sp³-hybridized carbons (Fsp3) is 0.294. The molecule has 1 aromatic carbocycles. The predicted octanol–water partition coefficient (Wildman–Crippen LogP) is 3.53. The molecule has 0 fully saturated rings. The van der Waals surface area contributed by atoms with Gasteiger partial charge in [-0.1, -0.05) is 19.1 Å². The normalized spacial score (nSPS) is 11.8. The van der Waals surface area contributed by atoms with E-state index in [4.69, 9.17) is 4.74 Å². The SMILES string of the molecule is CCC(C)Nc1ncccc1C(=O)c1cccc(OC)c1. The monoisotopic (exact) mass is 284 g/mol. The van der Waals surface area contributed by atoms with Gasteiger partial charge >= 0.3 is 0 Å². The van der Waals surface area contributed by atoms with Gasteiger partial charge < -0.3 is 10.1 Å². The zero-order chi connectivity index (χ0) is 15.2. The van der Waals surface area contributed by atoms with Crippen molar-refractivity contribution >= 4 is 11.6 Å². The molecule has 1 unspecified atom stereocenters. The van der Waals surface area contributed by atoms with Crippen molar-refractivity contribution in [2.45, 2.75) is 26.3 Å². The highest BCUT2D eigenvalue weighted by Gasteiger charge is 2.15. The van der Waals surface area contributed by atoms with Crippen LogP contribution in [0.4, 0.5) is 5.82 Å². The molecule has 1 aromatic heterocycles. The van der Waals surface area contributed by atoms with Crippen molar-refractivity contribution in [3.05, 3.63) is 53.7 Å². The summed E-state index contributed by atoms with van der Waals surface area (Å²) in [5, 5.41) is 3.28. The molecule has 21 heavy (non-hydrogen) atoms. The number of carbonyl (C=O) groups is 1. The molecule has 1 atom stereocenters. The Kier molecular flexibility index (Phi) is 4.93. The Bertz CT molecular complexity index is 626. The molecule has 4 heteroatoms. The Labute approximate surface area is 125 Å². The van der Waals surface area contributed by atoms with Crippen molar-refractivity contribution in [3.63, 3.8) is 0 Å². The molecular weight excluding hydrogens is 264 g/mol. The van der Waals surface area contributed by atoms with Crippen LogP contribution in [-0.2, 0) is 0 Å². The van der Waals surface area contributed by atoms with Gasteiger partial charge in [0.05, 0.1) is 12.7 Å². The van der Waals surface area contributed by atoms with Crippen LogP contribution in [0.15, 0.2) is 42.6 Å². The minimum atomic E-state index is -0.0622. The molecule has 0 bridgehead atoms. The van der Waals surface area contributed by atoms with Crippen molar-refractivity contribution in [2.24, 2.45) is 0 Å². The number of methoxy groups -OCH3 is 1. The summed E-state index contributed by atoms with van der Waals surface area (Å²) < 4.78 is 5.17. The number of pyridine rings is 1. The zero-order valence-electron chi connectivity index (χ0n) is 12.6. The number of hydrogen-bond acceptors (Lipinski definition) is 4. The minimum Gasteiger partial charge on any atom is -0.497 e. The van der Waals surface area contributed by atoms with Crippen molar-refractivity contribution in [1.82, 2.24) is 4.98 Å². The van der Waals surface area contributed by atoms with Crippen LogP contribution in [0.5, 0.6) is 5.75 Å². The molecule has 0 saturated carbocycles. The van der Waals surface area contributed by atoms with E-state index in [0.717, 1.165) is 6.42 Å². The molecule has 0 amide bonds. The number of anilines is 1. The number of ketones is 1. The maximum Gasteiger partial charge on any atom is 0.196 e. The average molecular weight is 284 g/mol. The van der Waals surface area contributed by atoms with Crippen molar-refractivity contribution in [3.8, 4) is 5.75 Å². The van der Waals surface area contributed by atoms with Crippen LogP contribution in [-0.4, -0.2) is 23.9 Å². The lowest BCUT2D eigenvalue weighted by Crippen LogP contribution is -2.17. The van der Waals surface area contributed by atoms with E-state index in [-0.39, 0.29) is 11.8 Å². The second-order valence-electron chi connectivity index (χ2n) is 4.91. The molecule has 0 aliphatic carbocycles. The number of nitrogens with zero attached hydrogens (tertiary/aromatic N) is 1. The van der Waals surface area contributed by atoms with Gasteiger partial charge in [0.1, 0.15) is 11.6 Å². The maximum absolute atomic E-state index is 12.7. The fourth-order valence-corrected chi connectivity index (χ4v) is 1.96. The van der Waals surface area contributed by atoms with E-state index in [2.05, 4.69) is 24.1 Å². The summed E-state index contributed by atoms with van der Waals surface area (Å²) in [6.45, 7) is 4.15. The van der Waals surface area contributed by atoms with Crippen LogP contribution < -0.4 is 10.1 Å². The van der Waals surface area contributed by atoms with E-state index in [1.807, 2.05) is 12.1 Å². The lowest BCUT2D eigenvalue weighted by atomic mass is 10.0. The van der Waals surface area contributed by atoms with Gasteiger partial charge in [0, 0.05) is 17.8 Å². The quantitative estimate of drug-likeness (QED) is 0.824. The van der Waals surface area contributed by atoms with Gasteiger partial charge in [-0.3, -0.25) is 4.79 Å². The molecule has 110 valence electrons. The van der Waals surface area contributed by atoms with Crippen LogP contribution in [0.25, 0.3) is 0 Å². The molecule has 0 radical (unpaired) electrons. The highest BCUT2D eigenvalue weighted by molar-refractivity contribution is 6.12. The summed E-state index contributed by atoms with van der Waals surface area (Å²) in [5.41, 5.74) is 1.17. The summed E-state index contributed by atoms with van der Waals surface area (Å²) in [5.74, 6) is 1.23. The van der Waals surface area contributed by atoms with Gasteiger partial charge in [-0.25, -0.2) is 4.98 Å².